The van der Waals surface area contributed by atoms with Gasteiger partial charge in [-0.05, 0) is 30.7 Å². The number of nitrogens with one attached hydrogen (secondary N) is 1. The summed E-state index contributed by atoms with van der Waals surface area (Å²) in [5.41, 5.74) is 1.26. The van der Waals surface area contributed by atoms with Crippen molar-refractivity contribution < 1.29 is 9.13 Å². The van der Waals surface area contributed by atoms with Crippen LogP contribution in [0.15, 0.2) is 30.6 Å². The largest absolute Gasteiger partial charge is 0.490 e. The van der Waals surface area contributed by atoms with Crippen LogP contribution in [0.25, 0.3) is 11.1 Å². The average molecular weight is 293 g/mol. The zero-order chi connectivity index (χ0) is 13.9. The Morgan fingerprint density at radius 3 is 2.95 bits per heavy atom. The summed E-state index contributed by atoms with van der Waals surface area (Å²) in [4.78, 5) is 7.61. The number of halogens is 2. The minimum atomic E-state index is -0.552. The first-order chi connectivity index (χ1) is 9.72. The van der Waals surface area contributed by atoms with Crippen LogP contribution in [-0.2, 0) is 0 Å². The van der Waals surface area contributed by atoms with E-state index in [1.807, 2.05) is 0 Å². The van der Waals surface area contributed by atoms with Crippen molar-refractivity contribution in [2.24, 2.45) is 0 Å². The van der Waals surface area contributed by atoms with Gasteiger partial charge in [0, 0.05) is 23.9 Å². The first-order valence-electron chi connectivity index (χ1n) is 6.36. The molecule has 1 saturated heterocycles. The van der Waals surface area contributed by atoms with Gasteiger partial charge in [0.25, 0.3) is 0 Å². The third-order valence-corrected chi connectivity index (χ3v) is 3.53. The van der Waals surface area contributed by atoms with Crippen molar-refractivity contribution in [2.45, 2.75) is 12.5 Å². The highest BCUT2D eigenvalue weighted by Gasteiger charge is 2.17. The molecule has 104 valence electrons. The lowest BCUT2D eigenvalue weighted by atomic mass is 10.1. The molecule has 0 bridgehead atoms. The van der Waals surface area contributed by atoms with E-state index >= 15 is 0 Å². The Kier molecular flexibility index (Phi) is 3.80. The Morgan fingerprint density at radius 1 is 1.40 bits per heavy atom. The Balaban J connectivity index is 1.82. The lowest BCUT2D eigenvalue weighted by molar-refractivity contribution is 0.217. The molecule has 1 aliphatic rings. The Morgan fingerprint density at radius 2 is 2.25 bits per heavy atom. The van der Waals surface area contributed by atoms with Gasteiger partial charge < -0.3 is 10.1 Å². The highest BCUT2D eigenvalue weighted by atomic mass is 35.5. The van der Waals surface area contributed by atoms with Gasteiger partial charge in [0.2, 0.25) is 5.95 Å². The second-order valence-electron chi connectivity index (χ2n) is 4.63. The predicted molar refractivity (Wildman–Crippen MR) is 74.3 cm³/mol. The van der Waals surface area contributed by atoms with Crippen LogP contribution in [0.5, 0.6) is 5.75 Å². The normalized spacial score (nSPS) is 17.6. The smallest absolute Gasteiger partial charge is 0.213 e. The van der Waals surface area contributed by atoms with Gasteiger partial charge >= 0.3 is 0 Å². The summed E-state index contributed by atoms with van der Waals surface area (Å²) in [7, 11) is 0. The van der Waals surface area contributed by atoms with Crippen LogP contribution in [0.1, 0.15) is 6.42 Å². The fourth-order valence-corrected chi connectivity index (χ4v) is 2.18. The number of hydrogen-bond donors (Lipinski definition) is 1. The topological polar surface area (TPSA) is 47.0 Å². The van der Waals surface area contributed by atoms with Crippen molar-refractivity contribution >= 4 is 11.6 Å². The number of rotatable bonds is 4. The van der Waals surface area contributed by atoms with Gasteiger partial charge in [0.05, 0.1) is 6.20 Å². The van der Waals surface area contributed by atoms with Gasteiger partial charge in [0.15, 0.2) is 0 Å². The Bertz CT molecular complexity index is 619. The van der Waals surface area contributed by atoms with E-state index in [9.17, 15) is 4.39 Å². The van der Waals surface area contributed by atoms with Gasteiger partial charge in [-0.15, -0.1) is 0 Å². The Hall–Kier alpha value is -1.72. The summed E-state index contributed by atoms with van der Waals surface area (Å²) in [6, 6.07) is 5.17. The van der Waals surface area contributed by atoms with E-state index < -0.39 is 5.95 Å². The molecule has 0 aromatic carbocycles. The molecule has 20 heavy (non-hydrogen) atoms. The number of aromatic nitrogens is 2. The van der Waals surface area contributed by atoms with E-state index in [0.29, 0.717) is 34.7 Å². The summed E-state index contributed by atoms with van der Waals surface area (Å²) >= 11 is 6.06. The van der Waals surface area contributed by atoms with Crippen molar-refractivity contribution in [3.8, 4) is 16.9 Å². The highest BCUT2D eigenvalue weighted by Crippen LogP contribution is 2.29. The van der Waals surface area contributed by atoms with E-state index in [-0.39, 0.29) is 0 Å². The van der Waals surface area contributed by atoms with Crippen molar-refractivity contribution in [1.29, 1.82) is 0 Å². The van der Waals surface area contributed by atoms with Crippen molar-refractivity contribution in [3.05, 3.63) is 41.7 Å². The molecule has 0 amide bonds. The van der Waals surface area contributed by atoms with Crippen molar-refractivity contribution in [2.75, 3.05) is 13.2 Å². The fourth-order valence-electron chi connectivity index (χ4n) is 1.97. The van der Waals surface area contributed by atoms with Crippen LogP contribution in [-0.4, -0.2) is 29.2 Å². The predicted octanol–water partition coefficient (Wildman–Crippen LogP) is 2.68. The zero-order valence-electron chi connectivity index (χ0n) is 10.6. The molecule has 0 radical (unpaired) electrons. The van der Waals surface area contributed by atoms with E-state index in [1.165, 1.54) is 12.3 Å². The van der Waals surface area contributed by atoms with Crippen LogP contribution in [0, 0.1) is 5.95 Å². The monoisotopic (exact) mass is 292 g/mol. The van der Waals surface area contributed by atoms with Gasteiger partial charge in [-0.2, -0.15) is 4.39 Å². The van der Waals surface area contributed by atoms with Crippen molar-refractivity contribution in [3.63, 3.8) is 0 Å². The highest BCUT2D eigenvalue weighted by molar-refractivity contribution is 6.32. The minimum Gasteiger partial charge on any atom is -0.490 e. The third kappa shape index (κ3) is 2.89. The summed E-state index contributed by atoms with van der Waals surface area (Å²) < 4.78 is 18.8. The molecule has 0 spiro atoms. The van der Waals surface area contributed by atoms with Gasteiger partial charge in [0.1, 0.15) is 17.5 Å². The molecule has 0 saturated carbocycles. The maximum absolute atomic E-state index is 13.2. The van der Waals surface area contributed by atoms with Gasteiger partial charge in [-0.25, -0.2) is 9.97 Å². The average Bonchev–Trinajstić information content (AvgIpc) is 2.39. The first-order valence-corrected chi connectivity index (χ1v) is 6.74. The maximum Gasteiger partial charge on any atom is 0.213 e. The second kappa shape index (κ2) is 5.73. The SMILES string of the molecule is [18F]c1cc(-c2cc(OC[C@@H]3CCN3)cnc2Cl)ccn1. The Labute approximate surface area is 121 Å². The maximum atomic E-state index is 13.2. The molecule has 4 nitrogen and oxygen atoms in total. The van der Waals surface area contributed by atoms with Crippen LogP contribution in [0.2, 0.25) is 5.15 Å². The van der Waals surface area contributed by atoms with Gasteiger partial charge in [-0.1, -0.05) is 11.6 Å². The zero-order valence-corrected chi connectivity index (χ0v) is 11.4. The summed E-state index contributed by atoms with van der Waals surface area (Å²) in [6.07, 6.45) is 4.08. The quantitative estimate of drug-likeness (QED) is 0.880. The van der Waals surface area contributed by atoms with Crippen LogP contribution in [0.3, 0.4) is 0 Å². The van der Waals surface area contributed by atoms with Crippen molar-refractivity contribution in [1.82, 2.24) is 15.3 Å². The molecule has 0 unspecified atom stereocenters. The number of ether oxygens (including phenoxy) is 1. The second-order valence-corrected chi connectivity index (χ2v) is 4.99. The molecule has 3 heterocycles. The van der Waals surface area contributed by atoms with Crippen LogP contribution in [0.4, 0.5) is 4.39 Å². The molecular formula is C14H13ClFN3O. The van der Waals surface area contributed by atoms with Crippen LogP contribution >= 0.6 is 11.6 Å². The molecule has 0 aliphatic carbocycles. The number of hydrogen-bond acceptors (Lipinski definition) is 4. The van der Waals surface area contributed by atoms with Crippen LogP contribution < -0.4 is 10.1 Å². The van der Waals surface area contributed by atoms with E-state index in [0.717, 1.165) is 13.0 Å². The standard InChI is InChI=1S/C14H13ClFN3O/c15-14-12(9-1-3-18-13(16)5-9)6-11(7-19-14)20-8-10-2-4-17-10/h1,3,5-7,10,17H,2,4,8H2/t10-/m0/s1/i16-1. The summed E-state index contributed by atoms with van der Waals surface area (Å²) in [5.74, 6) is 0.0684. The molecule has 2 aromatic heterocycles. The number of nitrogens with zero attached hydrogens (tertiary/aromatic N) is 2. The molecule has 1 aliphatic heterocycles. The summed E-state index contributed by atoms with van der Waals surface area (Å²) in [5, 5.41) is 3.56. The summed E-state index contributed by atoms with van der Waals surface area (Å²) in [6.45, 7) is 1.63. The van der Waals surface area contributed by atoms with Gasteiger partial charge in [-0.3, -0.25) is 0 Å². The van der Waals surface area contributed by atoms with E-state index in [1.54, 1.807) is 18.3 Å². The molecule has 3 rings (SSSR count). The van der Waals surface area contributed by atoms with E-state index in [4.69, 9.17) is 16.3 Å². The first kappa shape index (κ1) is 13.3. The molecular weight excluding hydrogens is 280 g/mol. The molecule has 1 N–H and O–H groups in total. The molecule has 6 heteroatoms. The minimum absolute atomic E-state index is 0.310. The molecule has 1 atom stereocenters. The third-order valence-electron chi connectivity index (χ3n) is 3.23. The lowest BCUT2D eigenvalue weighted by Gasteiger charge is -2.27. The molecule has 2 aromatic rings. The van der Waals surface area contributed by atoms with E-state index in [2.05, 4.69) is 15.3 Å². The number of pyridine rings is 2. The lowest BCUT2D eigenvalue weighted by Crippen LogP contribution is -2.46. The fraction of sp³-hybridized carbons (Fsp3) is 0.286. The molecule has 1 fully saturated rings.